The molecule has 6 nitrogen and oxygen atoms in total. The van der Waals surface area contributed by atoms with E-state index in [0.29, 0.717) is 19.3 Å². The summed E-state index contributed by atoms with van der Waals surface area (Å²) in [6.45, 7) is 8.97. The van der Waals surface area contributed by atoms with E-state index in [0.717, 1.165) is 63.7 Å². The van der Waals surface area contributed by atoms with Crippen molar-refractivity contribution in [1.29, 1.82) is 0 Å². The fraction of sp³-hybridized carbons (Fsp3) is 0.936. The number of carbonyl (C=O) groups excluding carboxylic acids is 3. The van der Waals surface area contributed by atoms with Crippen LogP contribution in [0.2, 0.25) is 0 Å². The summed E-state index contributed by atoms with van der Waals surface area (Å²) in [6.07, 6.45) is 40.8. The van der Waals surface area contributed by atoms with Crippen LogP contribution in [0.5, 0.6) is 0 Å². The van der Waals surface area contributed by atoms with Gasteiger partial charge in [-0.05, 0) is 25.2 Å². The Kier molecular flexibility index (Phi) is 40.3. The van der Waals surface area contributed by atoms with Gasteiger partial charge >= 0.3 is 17.9 Å². The highest BCUT2D eigenvalue weighted by Crippen LogP contribution is 2.16. The van der Waals surface area contributed by atoms with Crippen molar-refractivity contribution in [2.45, 2.75) is 265 Å². The van der Waals surface area contributed by atoms with E-state index in [4.69, 9.17) is 14.2 Å². The second-order valence-corrected chi connectivity index (χ2v) is 16.5. The highest BCUT2D eigenvalue weighted by atomic mass is 16.6. The van der Waals surface area contributed by atoms with Gasteiger partial charge in [0.05, 0.1) is 0 Å². The molecule has 0 aliphatic carbocycles. The summed E-state index contributed by atoms with van der Waals surface area (Å²) < 4.78 is 16.7. The maximum atomic E-state index is 12.7. The van der Waals surface area contributed by atoms with Gasteiger partial charge in [-0.3, -0.25) is 14.4 Å². The number of esters is 3. The van der Waals surface area contributed by atoms with Gasteiger partial charge in [-0.15, -0.1) is 0 Å². The molecule has 0 saturated heterocycles. The minimum absolute atomic E-state index is 0.0637. The molecular formula is C47H90O6. The summed E-state index contributed by atoms with van der Waals surface area (Å²) in [7, 11) is 0. The molecule has 0 aromatic carbocycles. The van der Waals surface area contributed by atoms with E-state index in [2.05, 4.69) is 27.7 Å². The number of unbranched alkanes of at least 4 members (excludes halogenated alkanes) is 29. The lowest BCUT2D eigenvalue weighted by Crippen LogP contribution is -2.30. The number of hydrogen-bond acceptors (Lipinski definition) is 6. The normalized spacial score (nSPS) is 11.9. The van der Waals surface area contributed by atoms with E-state index in [1.165, 1.54) is 154 Å². The highest BCUT2D eigenvalue weighted by Gasteiger charge is 2.19. The molecule has 53 heavy (non-hydrogen) atoms. The summed E-state index contributed by atoms with van der Waals surface area (Å²) in [4.78, 5) is 37.7. The van der Waals surface area contributed by atoms with Gasteiger partial charge in [0.25, 0.3) is 0 Å². The molecule has 6 heteroatoms. The Morgan fingerprint density at radius 3 is 0.925 bits per heavy atom. The third-order valence-electron chi connectivity index (χ3n) is 10.5. The summed E-state index contributed by atoms with van der Waals surface area (Å²) >= 11 is 0. The Balaban J connectivity index is 4.33. The first-order chi connectivity index (χ1) is 25.9. The monoisotopic (exact) mass is 751 g/mol. The van der Waals surface area contributed by atoms with Gasteiger partial charge < -0.3 is 14.2 Å². The summed E-state index contributed by atoms with van der Waals surface area (Å²) in [6, 6.07) is 0. The molecule has 0 bridgehead atoms. The van der Waals surface area contributed by atoms with Crippen LogP contribution >= 0.6 is 0 Å². The molecule has 0 N–H and O–H groups in total. The van der Waals surface area contributed by atoms with Gasteiger partial charge in [0.2, 0.25) is 0 Å². The zero-order chi connectivity index (χ0) is 38.9. The van der Waals surface area contributed by atoms with Crippen LogP contribution in [0.3, 0.4) is 0 Å². The molecule has 0 aromatic heterocycles. The van der Waals surface area contributed by atoms with E-state index < -0.39 is 6.10 Å². The molecule has 0 spiro atoms. The standard InChI is InChI=1S/C47H90O6/c1-5-7-9-11-13-15-17-19-23-28-32-36-40-47(50)53-44(41-51-45(48)38-34-30-26-22-18-16-14-12-10-8-6-2)42-52-46(49)39-35-31-27-24-20-21-25-29-33-37-43(3)4/h43-44H,5-42H2,1-4H3/t44-/m0/s1. The molecule has 1 atom stereocenters. The van der Waals surface area contributed by atoms with Gasteiger partial charge in [0, 0.05) is 19.3 Å². The van der Waals surface area contributed by atoms with Crippen LogP contribution in [-0.4, -0.2) is 37.2 Å². The van der Waals surface area contributed by atoms with Crippen LogP contribution in [0.15, 0.2) is 0 Å². The molecule has 0 radical (unpaired) electrons. The number of hydrogen-bond donors (Lipinski definition) is 0. The summed E-state index contributed by atoms with van der Waals surface area (Å²) in [5.41, 5.74) is 0. The van der Waals surface area contributed by atoms with Crippen molar-refractivity contribution in [3.8, 4) is 0 Å². The van der Waals surface area contributed by atoms with Crippen molar-refractivity contribution in [3.63, 3.8) is 0 Å². The molecule has 0 amide bonds. The third kappa shape index (κ3) is 41.4. The molecule has 0 fully saturated rings. The minimum atomic E-state index is -0.759. The fourth-order valence-corrected chi connectivity index (χ4v) is 6.98. The molecule has 0 heterocycles. The van der Waals surface area contributed by atoms with Gasteiger partial charge in [-0.2, -0.15) is 0 Å². The lowest BCUT2D eigenvalue weighted by atomic mass is 10.0. The van der Waals surface area contributed by atoms with Crippen LogP contribution in [0.4, 0.5) is 0 Å². The quantitative estimate of drug-likeness (QED) is 0.0351. The maximum absolute atomic E-state index is 12.7. The average molecular weight is 751 g/mol. The second kappa shape index (κ2) is 41.6. The summed E-state index contributed by atoms with van der Waals surface area (Å²) in [5.74, 6) is -0.0447. The lowest BCUT2D eigenvalue weighted by molar-refractivity contribution is -0.167. The van der Waals surface area contributed by atoms with Crippen LogP contribution in [0.25, 0.3) is 0 Å². The molecular weight excluding hydrogens is 661 g/mol. The molecule has 0 aromatic rings. The predicted molar refractivity (Wildman–Crippen MR) is 224 cm³/mol. The molecule has 0 unspecified atom stereocenters. The van der Waals surface area contributed by atoms with E-state index in [9.17, 15) is 14.4 Å². The van der Waals surface area contributed by atoms with Crippen molar-refractivity contribution >= 4 is 17.9 Å². The van der Waals surface area contributed by atoms with E-state index in [1.807, 2.05) is 0 Å². The molecule has 314 valence electrons. The van der Waals surface area contributed by atoms with Gasteiger partial charge in [0.1, 0.15) is 13.2 Å². The highest BCUT2D eigenvalue weighted by molar-refractivity contribution is 5.71. The Morgan fingerprint density at radius 1 is 0.358 bits per heavy atom. The van der Waals surface area contributed by atoms with Crippen molar-refractivity contribution in [1.82, 2.24) is 0 Å². The van der Waals surface area contributed by atoms with Crippen molar-refractivity contribution in [2.75, 3.05) is 13.2 Å². The SMILES string of the molecule is CCCCCCCCCCCCCCC(=O)O[C@@H](COC(=O)CCCCCCCCCCCCC)COC(=O)CCCCCCCCCCCC(C)C. The van der Waals surface area contributed by atoms with Crippen molar-refractivity contribution < 1.29 is 28.6 Å². The Labute approximate surface area is 329 Å². The van der Waals surface area contributed by atoms with Gasteiger partial charge in [-0.1, -0.05) is 220 Å². The van der Waals surface area contributed by atoms with Crippen LogP contribution in [0, 0.1) is 5.92 Å². The topological polar surface area (TPSA) is 78.9 Å². The number of rotatable bonds is 42. The first kappa shape index (κ1) is 51.4. The fourth-order valence-electron chi connectivity index (χ4n) is 6.98. The van der Waals surface area contributed by atoms with Crippen molar-refractivity contribution in [2.24, 2.45) is 5.92 Å². The predicted octanol–water partition coefficient (Wildman–Crippen LogP) is 14.7. The maximum Gasteiger partial charge on any atom is 0.306 e. The van der Waals surface area contributed by atoms with Crippen LogP contribution in [-0.2, 0) is 28.6 Å². The number of ether oxygens (including phenoxy) is 3. The Hall–Kier alpha value is -1.59. The Bertz CT molecular complexity index is 796. The molecule has 0 saturated carbocycles. The van der Waals surface area contributed by atoms with E-state index in [-0.39, 0.29) is 31.1 Å². The van der Waals surface area contributed by atoms with Crippen LogP contribution in [0.1, 0.15) is 259 Å². The van der Waals surface area contributed by atoms with Gasteiger partial charge in [0.15, 0.2) is 6.10 Å². The van der Waals surface area contributed by atoms with E-state index in [1.54, 1.807) is 0 Å². The molecule has 0 aliphatic rings. The van der Waals surface area contributed by atoms with Crippen LogP contribution < -0.4 is 0 Å². The summed E-state index contributed by atoms with van der Waals surface area (Å²) in [5, 5.41) is 0. The lowest BCUT2D eigenvalue weighted by Gasteiger charge is -2.18. The Morgan fingerprint density at radius 2 is 0.623 bits per heavy atom. The largest absolute Gasteiger partial charge is 0.462 e. The molecule has 0 aliphatic heterocycles. The zero-order valence-electron chi connectivity index (χ0n) is 36.0. The van der Waals surface area contributed by atoms with Gasteiger partial charge in [-0.25, -0.2) is 0 Å². The number of carbonyl (C=O) groups is 3. The second-order valence-electron chi connectivity index (χ2n) is 16.5. The first-order valence-corrected chi connectivity index (χ1v) is 23.4. The molecule has 0 rings (SSSR count). The van der Waals surface area contributed by atoms with Crippen molar-refractivity contribution in [3.05, 3.63) is 0 Å². The minimum Gasteiger partial charge on any atom is -0.462 e. The zero-order valence-corrected chi connectivity index (χ0v) is 36.0. The smallest absolute Gasteiger partial charge is 0.306 e. The first-order valence-electron chi connectivity index (χ1n) is 23.4. The van der Waals surface area contributed by atoms with E-state index >= 15 is 0 Å². The third-order valence-corrected chi connectivity index (χ3v) is 10.5. The average Bonchev–Trinajstić information content (AvgIpc) is 3.14.